The topological polar surface area (TPSA) is 21.3 Å². The van der Waals surface area contributed by atoms with Crippen molar-refractivity contribution < 1.29 is 4.74 Å². The summed E-state index contributed by atoms with van der Waals surface area (Å²) in [5.41, 5.74) is 2.68. The van der Waals surface area contributed by atoms with Crippen LogP contribution in [0.1, 0.15) is 57.2 Å². The SMILES string of the molecule is CCNC(c1ccc(CC)cc1)C1(C)CCCCO1. The third-order valence-corrected chi connectivity index (χ3v) is 4.24. The van der Waals surface area contributed by atoms with Crippen LogP contribution in [0.5, 0.6) is 0 Å². The molecule has 1 heterocycles. The number of likely N-dealkylation sites (N-methyl/N-ethyl adjacent to an activating group) is 1. The first kappa shape index (κ1) is 14.5. The minimum absolute atomic E-state index is 0.0675. The molecular formula is C17H27NO. The highest BCUT2D eigenvalue weighted by atomic mass is 16.5. The van der Waals surface area contributed by atoms with E-state index in [0.29, 0.717) is 6.04 Å². The Morgan fingerprint density at radius 3 is 2.47 bits per heavy atom. The van der Waals surface area contributed by atoms with Crippen molar-refractivity contribution in [3.8, 4) is 0 Å². The summed E-state index contributed by atoms with van der Waals surface area (Å²) in [4.78, 5) is 0. The Hall–Kier alpha value is -0.860. The summed E-state index contributed by atoms with van der Waals surface area (Å²) < 4.78 is 6.13. The van der Waals surface area contributed by atoms with Crippen LogP contribution in [0.3, 0.4) is 0 Å². The van der Waals surface area contributed by atoms with Crippen LogP contribution in [0.15, 0.2) is 24.3 Å². The van der Waals surface area contributed by atoms with Gasteiger partial charge in [-0.2, -0.15) is 0 Å². The van der Waals surface area contributed by atoms with Crippen molar-refractivity contribution in [2.75, 3.05) is 13.2 Å². The van der Waals surface area contributed by atoms with Gasteiger partial charge < -0.3 is 10.1 Å². The summed E-state index contributed by atoms with van der Waals surface area (Å²) in [7, 11) is 0. The van der Waals surface area contributed by atoms with Crippen LogP contribution >= 0.6 is 0 Å². The highest BCUT2D eigenvalue weighted by Gasteiger charge is 2.37. The van der Waals surface area contributed by atoms with E-state index >= 15 is 0 Å². The highest BCUT2D eigenvalue weighted by molar-refractivity contribution is 5.27. The van der Waals surface area contributed by atoms with Gasteiger partial charge in [0.25, 0.3) is 0 Å². The van der Waals surface area contributed by atoms with Gasteiger partial charge in [0.15, 0.2) is 0 Å². The molecule has 0 saturated carbocycles. The van der Waals surface area contributed by atoms with Crippen molar-refractivity contribution in [3.63, 3.8) is 0 Å². The summed E-state index contributed by atoms with van der Waals surface area (Å²) in [5.74, 6) is 0. The number of hydrogen-bond donors (Lipinski definition) is 1. The smallest absolute Gasteiger partial charge is 0.0848 e. The van der Waals surface area contributed by atoms with Gasteiger partial charge in [0, 0.05) is 6.61 Å². The zero-order chi connectivity index (χ0) is 13.7. The van der Waals surface area contributed by atoms with Gasteiger partial charge in [-0.25, -0.2) is 0 Å². The molecule has 0 aliphatic carbocycles. The van der Waals surface area contributed by atoms with E-state index in [1.165, 1.54) is 24.0 Å². The monoisotopic (exact) mass is 261 g/mol. The van der Waals surface area contributed by atoms with Crippen LogP contribution < -0.4 is 5.32 Å². The van der Waals surface area contributed by atoms with Gasteiger partial charge in [-0.05, 0) is 50.3 Å². The van der Waals surface area contributed by atoms with Crippen LogP contribution in [0.2, 0.25) is 0 Å². The molecule has 2 atom stereocenters. The summed E-state index contributed by atoms with van der Waals surface area (Å²) in [5, 5.41) is 3.62. The van der Waals surface area contributed by atoms with E-state index in [0.717, 1.165) is 26.0 Å². The van der Waals surface area contributed by atoms with Crippen molar-refractivity contribution >= 4 is 0 Å². The van der Waals surface area contributed by atoms with Gasteiger partial charge in [-0.3, -0.25) is 0 Å². The van der Waals surface area contributed by atoms with E-state index in [1.54, 1.807) is 0 Å². The van der Waals surface area contributed by atoms with Gasteiger partial charge in [0.05, 0.1) is 11.6 Å². The molecule has 2 unspecified atom stereocenters. The molecule has 1 aliphatic rings. The molecule has 0 aromatic heterocycles. The predicted molar refractivity (Wildman–Crippen MR) is 80.4 cm³/mol. The molecule has 0 spiro atoms. The van der Waals surface area contributed by atoms with E-state index in [-0.39, 0.29) is 5.60 Å². The summed E-state index contributed by atoms with van der Waals surface area (Å²) in [6, 6.07) is 9.30. The summed E-state index contributed by atoms with van der Waals surface area (Å²) in [6.07, 6.45) is 4.70. The average molecular weight is 261 g/mol. The zero-order valence-corrected chi connectivity index (χ0v) is 12.5. The minimum Gasteiger partial charge on any atom is -0.373 e. The molecule has 1 N–H and O–H groups in total. The summed E-state index contributed by atoms with van der Waals surface area (Å²) in [6.45, 7) is 8.49. The average Bonchev–Trinajstić information content (AvgIpc) is 2.45. The lowest BCUT2D eigenvalue weighted by Gasteiger charge is -2.41. The van der Waals surface area contributed by atoms with E-state index < -0.39 is 0 Å². The van der Waals surface area contributed by atoms with Crippen LogP contribution in [0.4, 0.5) is 0 Å². The molecule has 0 amide bonds. The first-order chi connectivity index (χ1) is 9.19. The molecule has 2 heteroatoms. The largest absolute Gasteiger partial charge is 0.373 e. The van der Waals surface area contributed by atoms with Gasteiger partial charge in [-0.15, -0.1) is 0 Å². The molecule has 19 heavy (non-hydrogen) atoms. The Labute approximate surface area is 117 Å². The maximum absolute atomic E-state index is 6.13. The molecular weight excluding hydrogens is 234 g/mol. The molecule has 1 aromatic rings. The van der Waals surface area contributed by atoms with Crippen LogP contribution in [-0.4, -0.2) is 18.8 Å². The normalized spacial score (nSPS) is 25.2. The molecule has 1 saturated heterocycles. The van der Waals surface area contributed by atoms with Crippen molar-refractivity contribution in [2.45, 2.75) is 58.1 Å². The van der Waals surface area contributed by atoms with Gasteiger partial charge in [0.2, 0.25) is 0 Å². The molecule has 2 rings (SSSR count). The van der Waals surface area contributed by atoms with Crippen molar-refractivity contribution in [2.24, 2.45) is 0 Å². The third kappa shape index (κ3) is 3.37. The van der Waals surface area contributed by atoms with Crippen molar-refractivity contribution in [1.82, 2.24) is 5.32 Å². The Morgan fingerprint density at radius 2 is 1.95 bits per heavy atom. The van der Waals surface area contributed by atoms with Crippen LogP contribution in [0, 0.1) is 0 Å². The van der Waals surface area contributed by atoms with Crippen molar-refractivity contribution in [1.29, 1.82) is 0 Å². The maximum atomic E-state index is 6.13. The predicted octanol–water partition coefficient (Wildman–Crippen LogP) is 3.86. The Morgan fingerprint density at radius 1 is 1.21 bits per heavy atom. The van der Waals surface area contributed by atoms with E-state index in [2.05, 4.69) is 50.4 Å². The second kappa shape index (κ2) is 6.53. The second-order valence-electron chi connectivity index (χ2n) is 5.70. The Kier molecular flexibility index (Phi) is 5.00. The lowest BCUT2D eigenvalue weighted by atomic mass is 9.84. The second-order valence-corrected chi connectivity index (χ2v) is 5.70. The molecule has 106 valence electrons. The van der Waals surface area contributed by atoms with Crippen molar-refractivity contribution in [3.05, 3.63) is 35.4 Å². The number of hydrogen-bond acceptors (Lipinski definition) is 2. The third-order valence-electron chi connectivity index (χ3n) is 4.24. The molecule has 2 nitrogen and oxygen atoms in total. The quantitative estimate of drug-likeness (QED) is 0.869. The van der Waals surface area contributed by atoms with Crippen LogP contribution in [0.25, 0.3) is 0 Å². The number of nitrogens with one attached hydrogen (secondary N) is 1. The molecule has 1 aliphatic heterocycles. The summed E-state index contributed by atoms with van der Waals surface area (Å²) >= 11 is 0. The first-order valence-corrected chi connectivity index (χ1v) is 7.66. The maximum Gasteiger partial charge on any atom is 0.0848 e. The van der Waals surface area contributed by atoms with E-state index in [4.69, 9.17) is 4.74 Å². The fraction of sp³-hybridized carbons (Fsp3) is 0.647. The van der Waals surface area contributed by atoms with Gasteiger partial charge in [-0.1, -0.05) is 38.1 Å². The molecule has 0 bridgehead atoms. The fourth-order valence-electron chi connectivity index (χ4n) is 3.02. The number of rotatable bonds is 5. The van der Waals surface area contributed by atoms with E-state index in [9.17, 15) is 0 Å². The number of ether oxygens (including phenoxy) is 1. The minimum atomic E-state index is -0.0675. The van der Waals surface area contributed by atoms with Crippen LogP contribution in [-0.2, 0) is 11.2 Å². The Balaban J connectivity index is 2.22. The molecule has 1 fully saturated rings. The first-order valence-electron chi connectivity index (χ1n) is 7.66. The zero-order valence-electron chi connectivity index (χ0n) is 12.5. The molecule has 0 radical (unpaired) electrons. The van der Waals surface area contributed by atoms with Gasteiger partial charge in [0.1, 0.15) is 0 Å². The Bertz CT molecular complexity index is 379. The fourth-order valence-corrected chi connectivity index (χ4v) is 3.02. The highest BCUT2D eigenvalue weighted by Crippen LogP contribution is 2.36. The number of aryl methyl sites for hydroxylation is 1. The standard InChI is InChI=1S/C17H27NO/c1-4-14-8-10-15(11-9-14)16(18-5-2)17(3)12-6-7-13-19-17/h8-11,16,18H,4-7,12-13H2,1-3H3. The lowest BCUT2D eigenvalue weighted by Crippen LogP contribution is -2.45. The number of benzene rings is 1. The molecule has 1 aromatic carbocycles. The van der Waals surface area contributed by atoms with E-state index in [1.807, 2.05) is 0 Å². The van der Waals surface area contributed by atoms with Gasteiger partial charge >= 0.3 is 0 Å². The lowest BCUT2D eigenvalue weighted by molar-refractivity contribution is -0.0895.